The molecule has 2 aromatic heterocycles. The van der Waals surface area contributed by atoms with Crippen LogP contribution in [0.2, 0.25) is 4.71 Å². The minimum absolute atomic E-state index is 0.0396. The molecule has 1 aliphatic carbocycles. The second-order valence-electron chi connectivity index (χ2n) is 9.51. The normalized spacial score (nSPS) is 18.9. The molecule has 1 unspecified atom stereocenters. The Hall–Kier alpha value is -2.92. The van der Waals surface area contributed by atoms with E-state index in [-0.39, 0.29) is 20.8 Å². The van der Waals surface area contributed by atoms with Crippen LogP contribution in [0.5, 0.6) is 5.88 Å². The van der Waals surface area contributed by atoms with Crippen LogP contribution in [0.25, 0.3) is 16.8 Å². The van der Waals surface area contributed by atoms with Gasteiger partial charge in [-0.3, -0.25) is 0 Å². The molecule has 0 spiro atoms. The van der Waals surface area contributed by atoms with E-state index in [0.29, 0.717) is 16.3 Å². The zero-order chi connectivity index (χ0) is 25.1. The van der Waals surface area contributed by atoms with Crippen molar-refractivity contribution in [1.29, 1.82) is 0 Å². The summed E-state index contributed by atoms with van der Waals surface area (Å²) in [5.41, 5.74) is 2.83. The monoisotopic (exact) mass is 537 g/mol. The van der Waals surface area contributed by atoms with Gasteiger partial charge in [-0.2, -0.15) is 0 Å². The van der Waals surface area contributed by atoms with Crippen molar-refractivity contribution in [2.75, 3.05) is 7.11 Å². The standard InChI is InChI=1S/C27H32AsN3O4/c1-17(2)28(26(32)20-7-5-18(3)6-8-20)25-23(27(33)34)16-31(30-25)22-12-9-19(10-13-22)21-11-14-24(35-4)29-15-21/h9-18,20H,5-8H2,1-4H3,(H,33,34). The van der Waals surface area contributed by atoms with Gasteiger partial charge in [0.2, 0.25) is 0 Å². The van der Waals surface area contributed by atoms with Crippen molar-refractivity contribution in [3.05, 3.63) is 54.4 Å². The van der Waals surface area contributed by atoms with Crippen molar-refractivity contribution in [2.24, 2.45) is 11.8 Å². The first kappa shape index (κ1) is 25.2. The summed E-state index contributed by atoms with van der Waals surface area (Å²) in [7, 11) is 1.58. The SMILES string of the molecule is COc1ccc(-c2ccc(-n3cc(C(=O)O)c([As](C(=O)C4CCC(C)CC4)C(C)C)n3)cc2)cn1. The Kier molecular flexibility index (Phi) is 7.75. The first-order valence-electron chi connectivity index (χ1n) is 12.0. The summed E-state index contributed by atoms with van der Waals surface area (Å²) >= 11 is -2.38. The number of nitrogens with zero attached hydrogens (tertiary/aromatic N) is 3. The van der Waals surface area contributed by atoms with Crippen molar-refractivity contribution in [1.82, 2.24) is 14.8 Å². The molecule has 1 aromatic carbocycles. The Morgan fingerprint density at radius 3 is 2.26 bits per heavy atom. The predicted molar refractivity (Wildman–Crippen MR) is 137 cm³/mol. The molecule has 0 aliphatic heterocycles. The van der Waals surface area contributed by atoms with Gasteiger partial charge in [-0.05, 0) is 0 Å². The molecule has 2 heterocycles. The van der Waals surface area contributed by atoms with E-state index in [9.17, 15) is 14.7 Å². The van der Waals surface area contributed by atoms with Crippen molar-refractivity contribution >= 4 is 29.7 Å². The Morgan fingerprint density at radius 1 is 1.06 bits per heavy atom. The summed E-state index contributed by atoms with van der Waals surface area (Å²) in [6.45, 7) is 6.30. The van der Waals surface area contributed by atoms with Crippen LogP contribution in [0.4, 0.5) is 0 Å². The maximum absolute atomic E-state index is 13.6. The van der Waals surface area contributed by atoms with Gasteiger partial charge in [-0.25, -0.2) is 0 Å². The third-order valence-electron chi connectivity index (χ3n) is 6.68. The molecule has 0 saturated heterocycles. The van der Waals surface area contributed by atoms with Gasteiger partial charge in [0.05, 0.1) is 7.11 Å². The topological polar surface area (TPSA) is 94.3 Å². The van der Waals surface area contributed by atoms with Crippen LogP contribution in [0.1, 0.15) is 56.8 Å². The Morgan fingerprint density at radius 2 is 1.71 bits per heavy atom. The van der Waals surface area contributed by atoms with Gasteiger partial charge >= 0.3 is 204 Å². The molecule has 0 radical (unpaired) electrons. The summed E-state index contributed by atoms with van der Waals surface area (Å²) in [4.78, 5) is 30.0. The van der Waals surface area contributed by atoms with Gasteiger partial charge in [0.15, 0.2) is 0 Å². The van der Waals surface area contributed by atoms with E-state index in [2.05, 4.69) is 11.9 Å². The Balaban J connectivity index is 1.64. The maximum atomic E-state index is 13.6. The van der Waals surface area contributed by atoms with Crippen LogP contribution in [0, 0.1) is 11.8 Å². The van der Waals surface area contributed by atoms with E-state index in [1.54, 1.807) is 24.2 Å². The fraction of sp³-hybridized carbons (Fsp3) is 0.407. The van der Waals surface area contributed by atoms with Gasteiger partial charge < -0.3 is 0 Å². The van der Waals surface area contributed by atoms with Crippen LogP contribution in [-0.4, -0.2) is 52.2 Å². The van der Waals surface area contributed by atoms with Crippen molar-refractivity contribution in [2.45, 2.75) is 51.2 Å². The molecule has 35 heavy (non-hydrogen) atoms. The van der Waals surface area contributed by atoms with Gasteiger partial charge in [-0.15, -0.1) is 0 Å². The van der Waals surface area contributed by atoms with E-state index in [0.717, 1.165) is 42.5 Å². The number of carbonyl (C=O) groups excluding carboxylic acids is 1. The summed E-state index contributed by atoms with van der Waals surface area (Å²) in [5.74, 6) is 0.219. The average molecular weight is 537 g/mol. The number of hydrogen-bond acceptors (Lipinski definition) is 5. The summed E-state index contributed by atoms with van der Waals surface area (Å²) in [5, 5.41) is 14.7. The van der Waals surface area contributed by atoms with Crippen LogP contribution in [0.3, 0.4) is 0 Å². The van der Waals surface area contributed by atoms with Gasteiger partial charge in [-0.1, -0.05) is 0 Å². The number of carboxylic acids is 1. The quantitative estimate of drug-likeness (QED) is 0.419. The van der Waals surface area contributed by atoms with Gasteiger partial charge in [0.1, 0.15) is 0 Å². The number of benzene rings is 1. The molecule has 4 rings (SSSR count). The summed E-state index contributed by atoms with van der Waals surface area (Å²) < 4.78 is 7.60. The van der Waals surface area contributed by atoms with Crippen molar-refractivity contribution < 1.29 is 19.4 Å². The van der Waals surface area contributed by atoms with E-state index >= 15 is 0 Å². The zero-order valence-corrected chi connectivity index (χ0v) is 22.5. The zero-order valence-electron chi connectivity index (χ0n) is 20.6. The van der Waals surface area contributed by atoms with Crippen molar-refractivity contribution in [3.63, 3.8) is 0 Å². The number of methoxy groups -OCH3 is 1. The summed E-state index contributed by atoms with van der Waals surface area (Å²) in [6.07, 6.45) is 7.24. The second-order valence-corrected chi connectivity index (χ2v) is 15.0. The molecule has 1 atom stereocenters. The molecule has 184 valence electrons. The first-order chi connectivity index (χ1) is 16.8. The number of ether oxygens (including phenoxy) is 1. The third-order valence-corrected chi connectivity index (χ3v) is 12.3. The number of rotatable bonds is 8. The van der Waals surface area contributed by atoms with E-state index < -0.39 is 20.6 Å². The molecule has 0 amide bonds. The molecule has 1 saturated carbocycles. The molecule has 1 N–H and O–H groups in total. The Labute approximate surface area is 210 Å². The minimum atomic E-state index is -2.38. The molecule has 1 aliphatic rings. The number of hydrogen-bond donors (Lipinski definition) is 1. The van der Waals surface area contributed by atoms with E-state index in [1.807, 2.05) is 50.2 Å². The molecule has 0 bridgehead atoms. The molecule has 3 aromatic rings. The number of aromatic carboxylic acids is 1. The molecular formula is C27H32AsN3O4. The van der Waals surface area contributed by atoms with Crippen molar-refractivity contribution in [3.8, 4) is 22.7 Å². The number of carbonyl (C=O) groups is 2. The molecular weight excluding hydrogens is 505 g/mol. The average Bonchev–Trinajstić information content (AvgIpc) is 3.29. The van der Waals surface area contributed by atoms with E-state index in [4.69, 9.17) is 9.84 Å². The van der Waals surface area contributed by atoms with Crippen LogP contribution in [-0.2, 0) is 4.79 Å². The fourth-order valence-electron chi connectivity index (χ4n) is 4.61. The first-order valence-corrected chi connectivity index (χ1v) is 15.0. The fourth-order valence-corrected chi connectivity index (χ4v) is 9.78. The second kappa shape index (κ2) is 10.8. The number of pyridine rings is 1. The van der Waals surface area contributed by atoms with Gasteiger partial charge in [0.25, 0.3) is 0 Å². The van der Waals surface area contributed by atoms with Gasteiger partial charge in [0, 0.05) is 0 Å². The molecule has 1 fully saturated rings. The third kappa shape index (κ3) is 5.51. The van der Waals surface area contributed by atoms with Crippen LogP contribution >= 0.6 is 0 Å². The van der Waals surface area contributed by atoms with E-state index in [1.165, 1.54) is 0 Å². The Bertz CT molecular complexity index is 1180. The molecule has 8 heteroatoms. The molecule has 7 nitrogen and oxygen atoms in total. The predicted octanol–water partition coefficient (Wildman–Crippen LogP) is 4.69. The summed E-state index contributed by atoms with van der Waals surface area (Å²) in [6, 6.07) is 11.5. The number of aromatic nitrogens is 3. The van der Waals surface area contributed by atoms with Crippen LogP contribution < -0.4 is 9.22 Å². The number of carboxylic acid groups (broad SMARTS) is 1. The van der Waals surface area contributed by atoms with Crippen LogP contribution in [0.15, 0.2) is 48.8 Å².